The number of hydrogen-bond donors (Lipinski definition) is 0. The molecule has 2 heterocycles. The van der Waals surface area contributed by atoms with E-state index in [4.69, 9.17) is 19.7 Å². The Morgan fingerprint density at radius 3 is 1.39 bits per heavy atom. The van der Waals surface area contributed by atoms with Crippen molar-refractivity contribution in [2.45, 2.75) is 97.8 Å². The largest absolute Gasteiger partial charge is 0.455 e. The summed E-state index contributed by atoms with van der Waals surface area (Å²) in [4.78, 5) is 18.2. The Hall–Kier alpha value is -8.41. The predicted octanol–water partition coefficient (Wildman–Crippen LogP) is 19.3. The summed E-state index contributed by atoms with van der Waals surface area (Å²) in [5.74, 6) is 3.43. The van der Waals surface area contributed by atoms with Gasteiger partial charge in [-0.1, -0.05) is 221 Å². The molecule has 380 valence electrons. The van der Waals surface area contributed by atoms with Crippen LogP contribution in [-0.4, -0.2) is 15.0 Å². The van der Waals surface area contributed by atoms with Gasteiger partial charge in [0, 0.05) is 55.7 Å². The monoisotopic (exact) mass is 1000 g/mol. The molecule has 10 aromatic rings. The third kappa shape index (κ3) is 8.72. The fourth-order valence-electron chi connectivity index (χ4n) is 11.6. The Kier molecular flexibility index (Phi) is 11.8. The SMILES string of the molecule is Cc1ccccc1-c1nc(-c2ccccc2)nc(-c2cc(C(C)(C)C)cc3c2Oc2c(-c4ccc(N(c5ccc(-c6ccccc6)cc5)c5ccc6c(c5)C(C)(C)c5ccccc5-6)cc4)cc(C(C)(C)C)cc2C3(C)C)n1. The first kappa shape index (κ1) is 49.5. The van der Waals surface area contributed by atoms with Gasteiger partial charge >= 0.3 is 0 Å². The van der Waals surface area contributed by atoms with E-state index in [0.717, 1.165) is 73.1 Å². The molecular formula is C72H66N4O. The highest BCUT2D eigenvalue weighted by atomic mass is 16.5. The van der Waals surface area contributed by atoms with Crippen molar-refractivity contribution < 1.29 is 4.74 Å². The van der Waals surface area contributed by atoms with Crippen LogP contribution in [0.25, 0.3) is 67.5 Å². The molecule has 5 nitrogen and oxygen atoms in total. The molecule has 1 aliphatic heterocycles. The quantitative estimate of drug-likeness (QED) is 0.152. The van der Waals surface area contributed by atoms with Gasteiger partial charge in [-0.3, -0.25) is 0 Å². The maximum atomic E-state index is 7.58. The van der Waals surface area contributed by atoms with E-state index >= 15 is 0 Å². The van der Waals surface area contributed by atoms with Gasteiger partial charge in [0.05, 0.1) is 5.56 Å². The number of aryl methyl sites for hydroxylation is 1. The van der Waals surface area contributed by atoms with E-state index in [1.807, 2.05) is 24.3 Å². The number of rotatable bonds is 8. The van der Waals surface area contributed by atoms with E-state index in [9.17, 15) is 0 Å². The van der Waals surface area contributed by atoms with Gasteiger partial charge in [0.15, 0.2) is 17.5 Å². The second-order valence-electron chi connectivity index (χ2n) is 24.2. The van der Waals surface area contributed by atoms with Gasteiger partial charge in [-0.25, -0.2) is 15.0 Å². The van der Waals surface area contributed by atoms with Crippen molar-refractivity contribution in [1.82, 2.24) is 15.0 Å². The third-order valence-corrected chi connectivity index (χ3v) is 16.2. The summed E-state index contributed by atoms with van der Waals surface area (Å²) in [6.07, 6.45) is 0. The van der Waals surface area contributed by atoms with Crippen molar-refractivity contribution in [2.75, 3.05) is 4.90 Å². The van der Waals surface area contributed by atoms with Crippen LogP contribution in [0, 0.1) is 6.92 Å². The number of benzene rings is 9. The molecule has 0 spiro atoms. The number of ether oxygens (including phenoxy) is 1. The fourth-order valence-corrected chi connectivity index (χ4v) is 11.6. The van der Waals surface area contributed by atoms with E-state index in [2.05, 4.69) is 257 Å². The molecule has 1 aliphatic carbocycles. The topological polar surface area (TPSA) is 51.1 Å². The molecule has 77 heavy (non-hydrogen) atoms. The number of hydrogen-bond acceptors (Lipinski definition) is 5. The summed E-state index contributed by atoms with van der Waals surface area (Å²) in [7, 11) is 0. The summed E-state index contributed by atoms with van der Waals surface area (Å²) in [5, 5.41) is 0. The first-order chi connectivity index (χ1) is 36.8. The highest BCUT2D eigenvalue weighted by Gasteiger charge is 2.41. The van der Waals surface area contributed by atoms with E-state index in [1.165, 1.54) is 44.5 Å². The van der Waals surface area contributed by atoms with Gasteiger partial charge in [-0.05, 0) is 122 Å². The van der Waals surface area contributed by atoms with E-state index in [1.54, 1.807) is 0 Å². The van der Waals surface area contributed by atoms with Crippen molar-refractivity contribution in [2.24, 2.45) is 0 Å². The average molecular weight is 1000 g/mol. The minimum Gasteiger partial charge on any atom is -0.455 e. The van der Waals surface area contributed by atoms with E-state index in [0.29, 0.717) is 17.5 Å². The number of nitrogens with zero attached hydrogens (tertiary/aromatic N) is 4. The van der Waals surface area contributed by atoms with Crippen LogP contribution >= 0.6 is 0 Å². The predicted molar refractivity (Wildman–Crippen MR) is 320 cm³/mol. The molecule has 5 heteroatoms. The molecule has 0 unspecified atom stereocenters. The molecule has 0 saturated heterocycles. The summed E-state index contributed by atoms with van der Waals surface area (Å²) in [6, 6.07) is 72.4. The number of aromatic nitrogens is 3. The third-order valence-electron chi connectivity index (χ3n) is 16.2. The average Bonchev–Trinajstić information content (AvgIpc) is 3.86. The van der Waals surface area contributed by atoms with Crippen LogP contribution in [0.15, 0.2) is 200 Å². The molecule has 0 amide bonds. The summed E-state index contributed by atoms with van der Waals surface area (Å²) in [6.45, 7) is 25.2. The normalized spacial score (nSPS) is 14.0. The van der Waals surface area contributed by atoms with Crippen LogP contribution in [0.2, 0.25) is 0 Å². The van der Waals surface area contributed by atoms with Gasteiger partial charge in [0.25, 0.3) is 0 Å². The van der Waals surface area contributed by atoms with Crippen LogP contribution < -0.4 is 9.64 Å². The van der Waals surface area contributed by atoms with Crippen molar-refractivity contribution in [3.8, 4) is 79.0 Å². The first-order valence-electron chi connectivity index (χ1n) is 27.1. The first-order valence-corrected chi connectivity index (χ1v) is 27.1. The Morgan fingerprint density at radius 2 is 0.792 bits per heavy atom. The number of fused-ring (bicyclic) bond motifs is 5. The van der Waals surface area contributed by atoms with Gasteiger partial charge in [0.1, 0.15) is 11.5 Å². The second kappa shape index (κ2) is 18.4. The van der Waals surface area contributed by atoms with Gasteiger partial charge in [-0.2, -0.15) is 0 Å². The zero-order valence-corrected chi connectivity index (χ0v) is 46.2. The summed E-state index contributed by atoms with van der Waals surface area (Å²) < 4.78 is 7.58. The Balaban J connectivity index is 1.02. The molecule has 12 rings (SSSR count). The Bertz CT molecular complexity index is 3900. The molecule has 0 saturated carbocycles. The Morgan fingerprint density at radius 1 is 0.351 bits per heavy atom. The van der Waals surface area contributed by atoms with Crippen LogP contribution in [0.1, 0.15) is 108 Å². The van der Waals surface area contributed by atoms with Crippen molar-refractivity contribution in [3.05, 3.63) is 239 Å². The van der Waals surface area contributed by atoms with Gasteiger partial charge < -0.3 is 9.64 Å². The minimum absolute atomic E-state index is 0.146. The molecule has 0 N–H and O–H groups in total. The van der Waals surface area contributed by atoms with Crippen molar-refractivity contribution in [1.29, 1.82) is 0 Å². The minimum atomic E-state index is -0.479. The van der Waals surface area contributed by atoms with Crippen LogP contribution in [0.3, 0.4) is 0 Å². The van der Waals surface area contributed by atoms with Crippen LogP contribution in [-0.2, 0) is 21.7 Å². The zero-order chi connectivity index (χ0) is 53.6. The van der Waals surface area contributed by atoms with Crippen molar-refractivity contribution in [3.63, 3.8) is 0 Å². The van der Waals surface area contributed by atoms with E-state index in [-0.39, 0.29) is 16.2 Å². The molecule has 0 fully saturated rings. The lowest BCUT2D eigenvalue weighted by Gasteiger charge is -2.39. The molecule has 0 radical (unpaired) electrons. The molecular weight excluding hydrogens is 937 g/mol. The van der Waals surface area contributed by atoms with Crippen molar-refractivity contribution >= 4 is 17.1 Å². The summed E-state index contributed by atoms with van der Waals surface area (Å²) >= 11 is 0. The van der Waals surface area contributed by atoms with E-state index < -0.39 is 5.41 Å². The summed E-state index contributed by atoms with van der Waals surface area (Å²) in [5.41, 5.74) is 20.6. The molecule has 2 aliphatic rings. The standard InChI is InChI=1S/C72H66N4O/c1-45-22-18-19-27-55(45)67-73-66(49-25-16-13-17-26-49)74-68(75-67)59-41-51(70(5,6)7)43-63-65(59)77-64-58(40-50(69(2,3)4)42-62(64)72(63,10)11)48-32-36-53(37-33-48)76(52-34-30-47(31-35-52)46-23-14-12-15-24-46)54-38-39-57-56-28-20-21-29-60(56)71(8,9)61(57)44-54/h12-44H,1-11H3. The van der Waals surface area contributed by atoms with Gasteiger partial charge in [0.2, 0.25) is 0 Å². The molecule has 0 bridgehead atoms. The number of anilines is 3. The zero-order valence-electron chi connectivity index (χ0n) is 46.2. The Labute approximate surface area is 455 Å². The second-order valence-corrected chi connectivity index (χ2v) is 24.2. The highest BCUT2D eigenvalue weighted by molar-refractivity contribution is 5.88. The smallest absolute Gasteiger partial charge is 0.167 e. The maximum Gasteiger partial charge on any atom is 0.167 e. The van der Waals surface area contributed by atoms with Crippen LogP contribution in [0.5, 0.6) is 11.5 Å². The molecule has 1 aromatic heterocycles. The molecule has 9 aromatic carbocycles. The van der Waals surface area contributed by atoms with Gasteiger partial charge in [-0.15, -0.1) is 0 Å². The highest BCUT2D eigenvalue weighted by Crippen LogP contribution is 2.57. The fraction of sp³-hybridized carbons (Fsp3) is 0.208. The lowest BCUT2D eigenvalue weighted by molar-refractivity contribution is 0.417. The lowest BCUT2D eigenvalue weighted by atomic mass is 9.70. The maximum absolute atomic E-state index is 7.58. The lowest BCUT2D eigenvalue weighted by Crippen LogP contribution is -2.27. The van der Waals surface area contributed by atoms with Crippen LogP contribution in [0.4, 0.5) is 17.1 Å². The molecule has 0 atom stereocenters.